The number of ketones is 1. The molecular weight excluding hydrogens is 283 g/mol. The molecule has 0 unspecified atom stereocenters. The van der Waals surface area contributed by atoms with Crippen molar-refractivity contribution >= 4 is 11.7 Å². The number of hydrogen-bond acceptors (Lipinski definition) is 3. The van der Waals surface area contributed by atoms with Crippen molar-refractivity contribution < 1.29 is 14.0 Å². The molecule has 0 aliphatic heterocycles. The second-order valence-corrected chi connectivity index (χ2v) is 5.14. The summed E-state index contributed by atoms with van der Waals surface area (Å²) in [7, 11) is 0. The van der Waals surface area contributed by atoms with Gasteiger partial charge < -0.3 is 5.32 Å². The predicted molar refractivity (Wildman–Crippen MR) is 80.9 cm³/mol. The Labute approximate surface area is 128 Å². The van der Waals surface area contributed by atoms with Gasteiger partial charge in [0.1, 0.15) is 5.82 Å². The third-order valence-electron chi connectivity index (χ3n) is 3.15. The number of aromatic nitrogens is 1. The highest BCUT2D eigenvalue weighted by Crippen LogP contribution is 2.08. The molecule has 2 rings (SSSR count). The van der Waals surface area contributed by atoms with E-state index in [-0.39, 0.29) is 36.4 Å². The summed E-state index contributed by atoms with van der Waals surface area (Å²) >= 11 is 0. The first-order valence-electron chi connectivity index (χ1n) is 7.01. The fourth-order valence-electron chi connectivity index (χ4n) is 2.10. The minimum atomic E-state index is -0.380. The van der Waals surface area contributed by atoms with E-state index in [1.165, 1.54) is 24.3 Å². The molecular formula is C17H17FN2O2. The Hall–Kier alpha value is -2.56. The molecule has 22 heavy (non-hydrogen) atoms. The number of nitrogens with zero attached hydrogens (tertiary/aromatic N) is 1. The Morgan fingerprint density at radius 3 is 2.59 bits per heavy atom. The van der Waals surface area contributed by atoms with Gasteiger partial charge in [-0.1, -0.05) is 6.07 Å². The first-order chi connectivity index (χ1) is 10.5. The Morgan fingerprint density at radius 1 is 1.23 bits per heavy atom. The third kappa shape index (κ3) is 4.77. The molecule has 1 amide bonds. The first kappa shape index (κ1) is 15.8. The molecule has 0 fully saturated rings. The molecule has 1 aromatic carbocycles. The number of pyridine rings is 1. The number of rotatable bonds is 6. The highest BCUT2D eigenvalue weighted by atomic mass is 19.1. The molecule has 0 spiro atoms. The van der Waals surface area contributed by atoms with E-state index >= 15 is 0 Å². The van der Waals surface area contributed by atoms with Gasteiger partial charge in [0, 0.05) is 30.4 Å². The molecule has 5 heteroatoms. The maximum atomic E-state index is 12.8. The molecule has 0 aliphatic rings. The number of amides is 1. The Morgan fingerprint density at radius 2 is 1.95 bits per heavy atom. The van der Waals surface area contributed by atoms with Gasteiger partial charge in [0.15, 0.2) is 5.78 Å². The van der Waals surface area contributed by atoms with Gasteiger partial charge in [-0.15, -0.1) is 0 Å². The van der Waals surface area contributed by atoms with Gasteiger partial charge >= 0.3 is 0 Å². The van der Waals surface area contributed by atoms with Crippen LogP contribution in [-0.4, -0.2) is 22.7 Å². The van der Waals surface area contributed by atoms with Crippen LogP contribution in [0.1, 0.15) is 29.3 Å². The van der Waals surface area contributed by atoms with E-state index in [1.807, 2.05) is 6.07 Å². The van der Waals surface area contributed by atoms with E-state index in [2.05, 4.69) is 10.3 Å². The molecule has 0 saturated carbocycles. The van der Waals surface area contributed by atoms with Gasteiger partial charge in [0.2, 0.25) is 5.91 Å². The van der Waals surface area contributed by atoms with Crippen LogP contribution in [0.15, 0.2) is 48.8 Å². The fourth-order valence-corrected chi connectivity index (χ4v) is 2.10. The summed E-state index contributed by atoms with van der Waals surface area (Å²) in [5.41, 5.74) is 1.26. The molecule has 0 bridgehead atoms. The van der Waals surface area contributed by atoms with Crippen LogP contribution in [0.2, 0.25) is 0 Å². The van der Waals surface area contributed by atoms with Crippen LogP contribution in [0.3, 0.4) is 0 Å². The summed E-state index contributed by atoms with van der Waals surface area (Å²) in [6.07, 6.45) is 3.67. The predicted octanol–water partition coefficient (Wildman–Crippen LogP) is 2.54. The lowest BCUT2D eigenvalue weighted by Gasteiger charge is -2.13. The largest absolute Gasteiger partial charge is 0.353 e. The fraction of sp³-hybridized carbons (Fsp3) is 0.235. The molecule has 1 heterocycles. The monoisotopic (exact) mass is 300 g/mol. The van der Waals surface area contributed by atoms with Crippen LogP contribution in [0, 0.1) is 5.82 Å². The van der Waals surface area contributed by atoms with E-state index in [9.17, 15) is 14.0 Å². The van der Waals surface area contributed by atoms with Crippen LogP contribution in [0.4, 0.5) is 4.39 Å². The number of benzene rings is 1. The van der Waals surface area contributed by atoms with E-state index in [0.29, 0.717) is 5.56 Å². The molecule has 1 N–H and O–H groups in total. The van der Waals surface area contributed by atoms with Crippen molar-refractivity contribution in [3.05, 3.63) is 65.7 Å². The average molecular weight is 300 g/mol. The lowest BCUT2D eigenvalue weighted by atomic mass is 10.0. The molecule has 2 aromatic rings. The topological polar surface area (TPSA) is 59.1 Å². The van der Waals surface area contributed by atoms with Gasteiger partial charge in [-0.25, -0.2) is 4.39 Å². The number of carbonyl (C=O) groups excluding carboxylic acids is 2. The summed E-state index contributed by atoms with van der Waals surface area (Å²) in [5.74, 6) is -0.670. The normalized spacial score (nSPS) is 11.7. The van der Waals surface area contributed by atoms with Crippen molar-refractivity contribution in [1.29, 1.82) is 0 Å². The smallest absolute Gasteiger partial charge is 0.224 e. The number of carbonyl (C=O) groups is 2. The summed E-state index contributed by atoms with van der Waals surface area (Å²) in [6, 6.07) is 8.69. The highest BCUT2D eigenvalue weighted by molar-refractivity contribution is 5.96. The van der Waals surface area contributed by atoms with E-state index in [1.54, 1.807) is 25.4 Å². The van der Waals surface area contributed by atoms with Gasteiger partial charge in [-0.2, -0.15) is 0 Å². The summed E-state index contributed by atoms with van der Waals surface area (Å²) in [6.45, 7) is 1.77. The minimum absolute atomic E-state index is 0.130. The average Bonchev–Trinajstić information content (AvgIpc) is 2.48. The third-order valence-corrected chi connectivity index (χ3v) is 3.15. The Balaban J connectivity index is 1.84. The number of nitrogens with one attached hydrogen (secondary N) is 1. The van der Waals surface area contributed by atoms with Crippen molar-refractivity contribution in [3.8, 4) is 0 Å². The van der Waals surface area contributed by atoms with Gasteiger partial charge in [0.05, 0.1) is 6.42 Å². The number of Topliss-reactive ketones (excluding diaryl/α,β-unsaturated/α-hetero) is 1. The zero-order chi connectivity index (χ0) is 15.9. The molecule has 4 nitrogen and oxygen atoms in total. The lowest BCUT2D eigenvalue weighted by Crippen LogP contribution is -2.35. The zero-order valence-electron chi connectivity index (χ0n) is 12.3. The SMILES string of the molecule is C[C@H](CC(=O)c1ccc(F)cc1)NC(=O)Cc1cccnc1. The van der Waals surface area contributed by atoms with Gasteiger partial charge in [-0.05, 0) is 42.8 Å². The van der Waals surface area contributed by atoms with Crippen LogP contribution in [0.25, 0.3) is 0 Å². The molecule has 0 saturated heterocycles. The highest BCUT2D eigenvalue weighted by Gasteiger charge is 2.14. The lowest BCUT2D eigenvalue weighted by molar-refractivity contribution is -0.121. The maximum absolute atomic E-state index is 12.8. The van der Waals surface area contributed by atoms with E-state index in [0.717, 1.165) is 5.56 Å². The maximum Gasteiger partial charge on any atom is 0.224 e. The van der Waals surface area contributed by atoms with Crippen molar-refractivity contribution in [2.45, 2.75) is 25.8 Å². The second-order valence-electron chi connectivity index (χ2n) is 5.14. The van der Waals surface area contributed by atoms with Crippen molar-refractivity contribution in [2.24, 2.45) is 0 Å². The van der Waals surface area contributed by atoms with E-state index in [4.69, 9.17) is 0 Å². The van der Waals surface area contributed by atoms with Crippen molar-refractivity contribution in [1.82, 2.24) is 10.3 Å². The van der Waals surface area contributed by atoms with Crippen molar-refractivity contribution in [3.63, 3.8) is 0 Å². The van der Waals surface area contributed by atoms with Gasteiger partial charge in [0.25, 0.3) is 0 Å². The number of hydrogen-bond donors (Lipinski definition) is 1. The zero-order valence-corrected chi connectivity index (χ0v) is 12.3. The minimum Gasteiger partial charge on any atom is -0.353 e. The van der Waals surface area contributed by atoms with Crippen LogP contribution in [0.5, 0.6) is 0 Å². The number of halogens is 1. The van der Waals surface area contributed by atoms with Crippen LogP contribution in [-0.2, 0) is 11.2 Å². The Bertz CT molecular complexity index is 641. The van der Waals surface area contributed by atoms with Crippen LogP contribution < -0.4 is 5.32 Å². The van der Waals surface area contributed by atoms with Crippen molar-refractivity contribution in [2.75, 3.05) is 0 Å². The summed E-state index contributed by atoms with van der Waals surface area (Å²) in [5, 5.41) is 2.78. The first-order valence-corrected chi connectivity index (χ1v) is 7.01. The second kappa shape index (κ2) is 7.45. The van der Waals surface area contributed by atoms with E-state index < -0.39 is 0 Å². The molecule has 0 aliphatic carbocycles. The Kier molecular flexibility index (Phi) is 5.36. The molecule has 114 valence electrons. The van der Waals surface area contributed by atoms with Gasteiger partial charge in [-0.3, -0.25) is 14.6 Å². The molecule has 0 radical (unpaired) electrons. The van der Waals surface area contributed by atoms with Crippen LogP contribution >= 0.6 is 0 Å². The standard InChI is InChI=1S/C17H17FN2O2/c1-12(9-16(21)14-4-6-15(18)7-5-14)20-17(22)10-13-3-2-8-19-11-13/h2-8,11-12H,9-10H2,1H3,(H,20,22)/t12-/m1/s1. The summed E-state index contributed by atoms with van der Waals surface area (Å²) in [4.78, 5) is 27.9. The quantitative estimate of drug-likeness (QED) is 0.834. The molecule has 1 aromatic heterocycles. The molecule has 1 atom stereocenters. The summed E-state index contributed by atoms with van der Waals surface area (Å²) < 4.78 is 12.8.